The molecule has 1 amide bonds. The van der Waals surface area contributed by atoms with Crippen LogP contribution in [0.3, 0.4) is 0 Å². The van der Waals surface area contributed by atoms with Gasteiger partial charge in [-0.05, 0) is 32.3 Å². The zero-order chi connectivity index (χ0) is 17.9. The monoisotopic (exact) mass is 332 g/mol. The van der Waals surface area contributed by atoms with Gasteiger partial charge >= 0.3 is 0 Å². The van der Waals surface area contributed by atoms with Gasteiger partial charge in [-0.2, -0.15) is 5.10 Å². The first-order valence-electron chi connectivity index (χ1n) is 8.70. The van der Waals surface area contributed by atoms with E-state index in [1.54, 1.807) is 12.3 Å². The van der Waals surface area contributed by atoms with E-state index >= 15 is 0 Å². The summed E-state index contributed by atoms with van der Waals surface area (Å²) < 4.78 is 1.87. The minimum absolute atomic E-state index is 0.151. The van der Waals surface area contributed by atoms with Crippen molar-refractivity contribution in [2.24, 2.45) is 5.92 Å². The Bertz CT molecular complexity index is 710. The van der Waals surface area contributed by atoms with Crippen LogP contribution in [-0.2, 0) is 0 Å². The molecular weight excluding hydrogens is 304 g/mol. The second-order valence-corrected chi connectivity index (χ2v) is 6.56. The summed E-state index contributed by atoms with van der Waals surface area (Å²) in [5.41, 5.74) is 2.07. The second-order valence-electron chi connectivity index (χ2n) is 6.56. The number of rotatable bonds is 7. The molecule has 2 heterocycles. The number of hydrogen-bond donors (Lipinski definition) is 2. The molecule has 2 rings (SSSR count). The maximum atomic E-state index is 12.6. The molecule has 2 aromatic rings. The summed E-state index contributed by atoms with van der Waals surface area (Å²) in [4.78, 5) is 17.1. The van der Waals surface area contributed by atoms with Gasteiger partial charge in [0.2, 0.25) is 0 Å². The normalized spacial score (nSPS) is 15.2. The Morgan fingerprint density at radius 2 is 2.04 bits per heavy atom. The maximum absolute atomic E-state index is 12.6. The molecule has 24 heavy (non-hydrogen) atoms. The molecule has 0 saturated carbocycles. The number of fused-ring (bicyclic) bond motifs is 1. The van der Waals surface area contributed by atoms with E-state index < -0.39 is 6.10 Å². The Kier molecular flexibility index (Phi) is 5.94. The van der Waals surface area contributed by atoms with Gasteiger partial charge in [0.15, 0.2) is 5.65 Å². The van der Waals surface area contributed by atoms with Crippen molar-refractivity contribution < 1.29 is 9.90 Å². The number of hydrogen-bond acceptors (Lipinski definition) is 4. The van der Waals surface area contributed by atoms with Gasteiger partial charge in [0.25, 0.3) is 5.91 Å². The molecule has 6 heteroatoms. The number of nitrogens with one attached hydrogen (secondary N) is 1. The summed E-state index contributed by atoms with van der Waals surface area (Å²) in [7, 11) is 0. The molecule has 0 radical (unpaired) electrons. The predicted molar refractivity (Wildman–Crippen MR) is 95.1 cm³/mol. The van der Waals surface area contributed by atoms with Crippen LogP contribution >= 0.6 is 0 Å². The lowest BCUT2D eigenvalue weighted by atomic mass is 10.0. The topological polar surface area (TPSA) is 80.0 Å². The van der Waals surface area contributed by atoms with Crippen LogP contribution in [0.25, 0.3) is 11.0 Å². The molecule has 2 N–H and O–H groups in total. The average molecular weight is 332 g/mol. The van der Waals surface area contributed by atoms with Crippen molar-refractivity contribution in [3.63, 3.8) is 0 Å². The molecule has 0 saturated heterocycles. The van der Waals surface area contributed by atoms with Crippen molar-refractivity contribution in [1.82, 2.24) is 20.1 Å². The van der Waals surface area contributed by atoms with E-state index in [0.29, 0.717) is 5.56 Å². The Morgan fingerprint density at radius 3 is 2.67 bits per heavy atom. The van der Waals surface area contributed by atoms with Crippen molar-refractivity contribution in [2.75, 3.05) is 6.54 Å². The smallest absolute Gasteiger partial charge is 0.252 e. The summed E-state index contributed by atoms with van der Waals surface area (Å²) >= 11 is 0. The van der Waals surface area contributed by atoms with Crippen LogP contribution in [0.5, 0.6) is 0 Å². The lowest BCUT2D eigenvalue weighted by Crippen LogP contribution is -2.35. The standard InChI is InChI=1S/C18H28N4O2/c1-6-11(3)16(23)10-19-18(24)14-8-12(4)21-17-15(14)9-20-22(17)13(5)7-2/h8-9,11,13,16,23H,6-7,10H2,1-5H3,(H,19,24). The van der Waals surface area contributed by atoms with Crippen molar-refractivity contribution in [1.29, 1.82) is 0 Å². The first-order chi connectivity index (χ1) is 11.4. The molecule has 0 aliphatic rings. The SMILES string of the molecule is CCC(C)C(O)CNC(=O)c1cc(C)nc2c1cnn2C(C)CC. The third-order valence-corrected chi connectivity index (χ3v) is 4.72. The fourth-order valence-corrected chi connectivity index (χ4v) is 2.59. The van der Waals surface area contributed by atoms with E-state index in [1.165, 1.54) is 0 Å². The third-order valence-electron chi connectivity index (χ3n) is 4.72. The number of carbonyl (C=O) groups excluding carboxylic acids is 1. The minimum atomic E-state index is -0.541. The van der Waals surface area contributed by atoms with Crippen molar-refractivity contribution >= 4 is 16.9 Å². The van der Waals surface area contributed by atoms with Crippen LogP contribution in [0.2, 0.25) is 0 Å². The van der Waals surface area contributed by atoms with Gasteiger partial charge in [0, 0.05) is 12.2 Å². The van der Waals surface area contributed by atoms with Gasteiger partial charge in [-0.1, -0.05) is 27.2 Å². The number of nitrogens with zero attached hydrogens (tertiary/aromatic N) is 3. The summed E-state index contributed by atoms with van der Waals surface area (Å²) in [6, 6.07) is 2.00. The number of carbonyl (C=O) groups is 1. The fraction of sp³-hybridized carbons (Fsp3) is 0.611. The zero-order valence-electron chi connectivity index (χ0n) is 15.2. The molecule has 0 spiro atoms. The van der Waals surface area contributed by atoms with Gasteiger partial charge in [0.1, 0.15) is 0 Å². The molecule has 2 aromatic heterocycles. The molecule has 0 bridgehead atoms. The van der Waals surface area contributed by atoms with Gasteiger partial charge in [0.05, 0.1) is 29.3 Å². The van der Waals surface area contributed by atoms with Crippen molar-refractivity contribution in [2.45, 2.75) is 59.6 Å². The molecule has 0 fully saturated rings. The van der Waals surface area contributed by atoms with E-state index in [1.807, 2.05) is 25.5 Å². The molecular formula is C18H28N4O2. The molecule has 0 aliphatic carbocycles. The molecule has 0 aliphatic heterocycles. The van der Waals surface area contributed by atoms with Gasteiger partial charge in [-0.3, -0.25) is 4.79 Å². The second kappa shape index (κ2) is 7.75. The van der Waals surface area contributed by atoms with E-state index in [0.717, 1.165) is 29.6 Å². The van der Waals surface area contributed by atoms with Gasteiger partial charge < -0.3 is 10.4 Å². The molecule has 6 nitrogen and oxygen atoms in total. The fourth-order valence-electron chi connectivity index (χ4n) is 2.59. The minimum Gasteiger partial charge on any atom is -0.391 e. The van der Waals surface area contributed by atoms with Crippen LogP contribution in [-0.4, -0.2) is 38.4 Å². The van der Waals surface area contributed by atoms with Crippen LogP contribution in [0.1, 0.15) is 62.6 Å². The number of amides is 1. The largest absolute Gasteiger partial charge is 0.391 e. The van der Waals surface area contributed by atoms with Gasteiger partial charge in [-0.25, -0.2) is 9.67 Å². The quantitative estimate of drug-likeness (QED) is 0.817. The number of aromatic nitrogens is 3. The average Bonchev–Trinajstić information content (AvgIpc) is 3.00. The number of aliphatic hydroxyl groups is 1. The number of pyridine rings is 1. The van der Waals surface area contributed by atoms with Crippen LogP contribution in [0.15, 0.2) is 12.3 Å². The zero-order valence-corrected chi connectivity index (χ0v) is 15.2. The van der Waals surface area contributed by atoms with E-state index in [2.05, 4.69) is 29.2 Å². The summed E-state index contributed by atoms with van der Waals surface area (Å²) in [5.74, 6) is -0.0470. The first-order valence-corrected chi connectivity index (χ1v) is 8.70. The Labute approximate surface area is 143 Å². The maximum Gasteiger partial charge on any atom is 0.252 e. The highest BCUT2D eigenvalue weighted by Crippen LogP contribution is 2.22. The summed E-state index contributed by atoms with van der Waals surface area (Å²) in [6.07, 6.45) is 2.97. The van der Waals surface area contributed by atoms with Crippen LogP contribution in [0.4, 0.5) is 0 Å². The van der Waals surface area contributed by atoms with E-state index in [9.17, 15) is 9.90 Å². The Hall–Kier alpha value is -1.95. The summed E-state index contributed by atoms with van der Waals surface area (Å²) in [5, 5.41) is 18.0. The highest BCUT2D eigenvalue weighted by molar-refractivity contribution is 6.05. The van der Waals surface area contributed by atoms with Crippen LogP contribution in [0, 0.1) is 12.8 Å². The Balaban J connectivity index is 2.28. The Morgan fingerprint density at radius 1 is 1.33 bits per heavy atom. The van der Waals surface area contributed by atoms with Crippen molar-refractivity contribution in [3.05, 3.63) is 23.5 Å². The van der Waals surface area contributed by atoms with Gasteiger partial charge in [-0.15, -0.1) is 0 Å². The number of aryl methyl sites for hydroxylation is 1. The van der Waals surface area contributed by atoms with Crippen molar-refractivity contribution in [3.8, 4) is 0 Å². The van der Waals surface area contributed by atoms with E-state index in [-0.39, 0.29) is 24.4 Å². The molecule has 3 unspecified atom stereocenters. The molecule has 132 valence electrons. The van der Waals surface area contributed by atoms with E-state index in [4.69, 9.17) is 0 Å². The number of aliphatic hydroxyl groups excluding tert-OH is 1. The third kappa shape index (κ3) is 3.75. The lowest BCUT2D eigenvalue weighted by molar-refractivity contribution is 0.0851. The lowest BCUT2D eigenvalue weighted by Gasteiger charge is -2.17. The highest BCUT2D eigenvalue weighted by atomic mass is 16.3. The first kappa shape index (κ1) is 18.4. The summed E-state index contributed by atoms with van der Waals surface area (Å²) in [6.45, 7) is 10.3. The van der Waals surface area contributed by atoms with Crippen LogP contribution < -0.4 is 5.32 Å². The highest BCUT2D eigenvalue weighted by Gasteiger charge is 2.19. The molecule has 0 aromatic carbocycles. The predicted octanol–water partition coefficient (Wildman–Crippen LogP) is 2.85. The molecule has 3 atom stereocenters.